The Labute approximate surface area is 170 Å². The molecule has 0 fully saturated rings. The normalized spacial score (nSPS) is 11.4. The average molecular weight is 403 g/mol. The van der Waals surface area contributed by atoms with E-state index in [4.69, 9.17) is 9.47 Å². The fourth-order valence-electron chi connectivity index (χ4n) is 2.31. The summed E-state index contributed by atoms with van der Waals surface area (Å²) in [6.07, 6.45) is -0.759. The van der Waals surface area contributed by atoms with Crippen LogP contribution in [-0.2, 0) is 9.59 Å². The Morgan fingerprint density at radius 3 is 2.39 bits per heavy atom. The highest BCUT2D eigenvalue weighted by Crippen LogP contribution is 2.23. The van der Waals surface area contributed by atoms with Crippen molar-refractivity contribution in [2.24, 2.45) is 0 Å². The highest BCUT2D eigenvalue weighted by molar-refractivity contribution is 8.00. The largest absolute Gasteiger partial charge is 0.494 e. The molecule has 1 atom stereocenters. The van der Waals surface area contributed by atoms with E-state index >= 15 is 0 Å². The molecule has 2 rings (SSSR count). The fraction of sp³-hybridized carbons (Fsp3) is 0.333. The van der Waals surface area contributed by atoms with Gasteiger partial charge in [0.1, 0.15) is 11.5 Å². The summed E-state index contributed by atoms with van der Waals surface area (Å²) in [5.41, 5.74) is 7.07. The number of nitrogens with one attached hydrogen (secondary N) is 2. The lowest BCUT2D eigenvalue weighted by Gasteiger charge is -2.15. The van der Waals surface area contributed by atoms with Gasteiger partial charge in [-0.2, -0.15) is 0 Å². The molecule has 0 aliphatic heterocycles. The Balaban J connectivity index is 1.75. The van der Waals surface area contributed by atoms with Gasteiger partial charge in [0.05, 0.1) is 12.4 Å². The molecule has 2 aromatic rings. The molecule has 0 aliphatic rings. The Morgan fingerprint density at radius 2 is 1.71 bits per heavy atom. The summed E-state index contributed by atoms with van der Waals surface area (Å²) in [4.78, 5) is 25.2. The Bertz CT molecular complexity index is 809. The summed E-state index contributed by atoms with van der Waals surface area (Å²) in [6, 6.07) is 13.1. The lowest BCUT2D eigenvalue weighted by molar-refractivity contribution is -0.131. The molecule has 7 heteroatoms. The van der Waals surface area contributed by atoms with Crippen molar-refractivity contribution in [3.8, 4) is 11.5 Å². The van der Waals surface area contributed by atoms with E-state index < -0.39 is 12.0 Å². The van der Waals surface area contributed by atoms with E-state index in [0.717, 1.165) is 21.8 Å². The SMILES string of the molecule is CCOc1ccc(O[C@H](C)C(=O)NNC(=O)CSc2cc(C)ccc2C)cc1. The number of hydrazine groups is 1. The molecule has 0 unspecified atom stereocenters. The number of carbonyl (C=O) groups excluding carboxylic acids is 2. The second kappa shape index (κ2) is 10.6. The molecule has 2 N–H and O–H groups in total. The summed E-state index contributed by atoms with van der Waals surface area (Å²) >= 11 is 1.43. The summed E-state index contributed by atoms with van der Waals surface area (Å²) in [7, 11) is 0. The zero-order valence-corrected chi connectivity index (χ0v) is 17.4. The van der Waals surface area contributed by atoms with Crippen molar-refractivity contribution in [3.63, 3.8) is 0 Å². The lowest BCUT2D eigenvalue weighted by atomic mass is 10.2. The monoisotopic (exact) mass is 402 g/mol. The Kier molecular flexibility index (Phi) is 8.19. The number of thioether (sulfide) groups is 1. The number of aryl methyl sites for hydroxylation is 2. The van der Waals surface area contributed by atoms with Crippen molar-refractivity contribution in [1.29, 1.82) is 0 Å². The van der Waals surface area contributed by atoms with Gasteiger partial charge in [0, 0.05) is 4.90 Å². The lowest BCUT2D eigenvalue weighted by Crippen LogP contribution is -2.47. The van der Waals surface area contributed by atoms with Crippen LogP contribution in [0.15, 0.2) is 47.4 Å². The van der Waals surface area contributed by atoms with Gasteiger partial charge in [0.2, 0.25) is 5.91 Å². The van der Waals surface area contributed by atoms with Crippen LogP contribution in [0.4, 0.5) is 0 Å². The topological polar surface area (TPSA) is 76.7 Å². The van der Waals surface area contributed by atoms with Crippen LogP contribution in [0.5, 0.6) is 11.5 Å². The van der Waals surface area contributed by atoms with E-state index in [1.54, 1.807) is 31.2 Å². The molecular weight excluding hydrogens is 376 g/mol. The zero-order valence-electron chi connectivity index (χ0n) is 16.6. The Morgan fingerprint density at radius 1 is 1.04 bits per heavy atom. The van der Waals surface area contributed by atoms with E-state index in [9.17, 15) is 9.59 Å². The summed E-state index contributed by atoms with van der Waals surface area (Å²) in [6.45, 7) is 8.12. The molecule has 2 aromatic carbocycles. The van der Waals surface area contributed by atoms with Crippen molar-refractivity contribution >= 4 is 23.6 Å². The molecule has 0 spiro atoms. The second-order valence-electron chi connectivity index (χ2n) is 6.26. The standard InChI is InChI=1S/C21H26N2O4S/c1-5-26-17-8-10-18(11-9-17)27-16(4)21(25)23-22-20(24)13-28-19-12-14(2)6-7-15(19)3/h6-12,16H,5,13H2,1-4H3,(H,22,24)(H,23,25)/t16-/m1/s1. The van der Waals surface area contributed by atoms with Gasteiger partial charge in [-0.1, -0.05) is 17.7 Å². The first kappa shape index (κ1) is 21.6. The average Bonchev–Trinajstić information content (AvgIpc) is 2.68. The molecule has 0 aliphatic carbocycles. The maximum atomic E-state index is 12.1. The van der Waals surface area contributed by atoms with Crippen molar-refractivity contribution in [2.45, 2.75) is 38.7 Å². The minimum atomic E-state index is -0.759. The molecule has 2 amide bonds. The number of ether oxygens (including phenoxy) is 2. The number of rotatable bonds is 8. The summed E-state index contributed by atoms with van der Waals surface area (Å²) in [5.74, 6) is 0.772. The third-order valence-corrected chi connectivity index (χ3v) is 5.00. The zero-order chi connectivity index (χ0) is 20.5. The predicted octanol–water partition coefficient (Wildman–Crippen LogP) is 3.41. The first-order valence-electron chi connectivity index (χ1n) is 9.07. The van der Waals surface area contributed by atoms with Crippen LogP contribution < -0.4 is 20.3 Å². The van der Waals surface area contributed by atoms with Crippen LogP contribution in [0.2, 0.25) is 0 Å². The number of amides is 2. The van der Waals surface area contributed by atoms with Gasteiger partial charge < -0.3 is 9.47 Å². The molecule has 150 valence electrons. The van der Waals surface area contributed by atoms with Crippen LogP contribution in [0.3, 0.4) is 0 Å². The molecule has 0 saturated carbocycles. The molecule has 6 nitrogen and oxygen atoms in total. The first-order valence-corrected chi connectivity index (χ1v) is 10.1. The van der Waals surface area contributed by atoms with Gasteiger partial charge in [0.15, 0.2) is 6.10 Å². The van der Waals surface area contributed by atoms with Crippen LogP contribution >= 0.6 is 11.8 Å². The predicted molar refractivity (Wildman–Crippen MR) is 111 cm³/mol. The molecule has 0 aromatic heterocycles. The summed E-state index contributed by atoms with van der Waals surface area (Å²) < 4.78 is 10.9. The highest BCUT2D eigenvalue weighted by atomic mass is 32.2. The van der Waals surface area contributed by atoms with Crippen molar-refractivity contribution in [2.75, 3.05) is 12.4 Å². The van der Waals surface area contributed by atoms with Gasteiger partial charge in [0.25, 0.3) is 5.91 Å². The molecule has 0 radical (unpaired) electrons. The molecule has 0 heterocycles. The molecule has 28 heavy (non-hydrogen) atoms. The van der Waals surface area contributed by atoms with Gasteiger partial charge in [-0.25, -0.2) is 0 Å². The van der Waals surface area contributed by atoms with E-state index in [1.807, 2.05) is 39.0 Å². The van der Waals surface area contributed by atoms with Gasteiger partial charge in [-0.3, -0.25) is 20.4 Å². The van der Waals surface area contributed by atoms with E-state index in [1.165, 1.54) is 11.8 Å². The number of benzene rings is 2. The summed E-state index contributed by atoms with van der Waals surface area (Å²) in [5, 5.41) is 0. The smallest absolute Gasteiger partial charge is 0.279 e. The quantitative estimate of drug-likeness (QED) is 0.523. The van der Waals surface area contributed by atoms with Crippen molar-refractivity contribution in [1.82, 2.24) is 10.9 Å². The van der Waals surface area contributed by atoms with Gasteiger partial charge >= 0.3 is 0 Å². The third-order valence-electron chi connectivity index (χ3n) is 3.84. The first-order chi connectivity index (χ1) is 13.4. The number of hydrogen-bond acceptors (Lipinski definition) is 5. The minimum absolute atomic E-state index is 0.207. The Hall–Kier alpha value is -2.67. The van der Waals surface area contributed by atoms with E-state index in [0.29, 0.717) is 12.4 Å². The minimum Gasteiger partial charge on any atom is -0.494 e. The van der Waals surface area contributed by atoms with E-state index in [2.05, 4.69) is 10.9 Å². The maximum absolute atomic E-state index is 12.1. The van der Waals surface area contributed by atoms with Crippen molar-refractivity contribution in [3.05, 3.63) is 53.6 Å². The van der Waals surface area contributed by atoms with Crippen LogP contribution in [0, 0.1) is 13.8 Å². The fourth-order valence-corrected chi connectivity index (χ4v) is 3.24. The second-order valence-corrected chi connectivity index (χ2v) is 7.28. The number of hydrogen-bond donors (Lipinski definition) is 2. The maximum Gasteiger partial charge on any atom is 0.279 e. The number of carbonyl (C=O) groups is 2. The third kappa shape index (κ3) is 6.81. The molecular formula is C21H26N2O4S. The molecule has 0 saturated heterocycles. The van der Waals surface area contributed by atoms with Crippen LogP contribution in [0.25, 0.3) is 0 Å². The van der Waals surface area contributed by atoms with Gasteiger partial charge in [-0.15, -0.1) is 11.8 Å². The van der Waals surface area contributed by atoms with Crippen LogP contribution in [-0.4, -0.2) is 30.3 Å². The highest BCUT2D eigenvalue weighted by Gasteiger charge is 2.15. The van der Waals surface area contributed by atoms with E-state index in [-0.39, 0.29) is 11.7 Å². The van der Waals surface area contributed by atoms with Crippen molar-refractivity contribution < 1.29 is 19.1 Å². The van der Waals surface area contributed by atoms with Crippen LogP contribution in [0.1, 0.15) is 25.0 Å². The van der Waals surface area contributed by atoms with Gasteiger partial charge in [-0.05, 0) is 63.6 Å². The molecule has 0 bridgehead atoms.